The molecular weight excluding hydrogens is 431 g/mol. The van der Waals surface area contributed by atoms with Crippen LogP contribution in [0.1, 0.15) is 0 Å². The van der Waals surface area contributed by atoms with Gasteiger partial charge in [-0.15, -0.1) is 22.2 Å². The van der Waals surface area contributed by atoms with Crippen LogP contribution in [-0.4, -0.2) is 13.0 Å². The molecule has 0 spiro atoms. The molecule has 0 N–H and O–H groups in total. The maximum absolute atomic E-state index is 12.5. The fourth-order valence-corrected chi connectivity index (χ4v) is 6.31. The molecule has 0 aliphatic rings. The molecule has 0 unspecified atom stereocenters. The minimum absolute atomic E-state index is 0.0504. The molecule has 1 aromatic carbocycles. The molecule has 0 saturated carbocycles. The zero-order valence-corrected chi connectivity index (χ0v) is 16.4. The Morgan fingerprint density at radius 1 is 1.12 bits per heavy atom. The molecule has 0 aliphatic carbocycles. The van der Waals surface area contributed by atoms with Crippen LogP contribution in [0.5, 0.6) is 0 Å². The zero-order chi connectivity index (χ0) is 17.5. The second-order valence-corrected chi connectivity index (χ2v) is 9.84. The van der Waals surface area contributed by atoms with Gasteiger partial charge in [0.15, 0.2) is 0 Å². The Kier molecular flexibility index (Phi) is 4.98. The van der Waals surface area contributed by atoms with E-state index in [0.29, 0.717) is 24.6 Å². The maximum atomic E-state index is 12.5. The van der Waals surface area contributed by atoms with Crippen molar-refractivity contribution in [1.82, 2.24) is 4.57 Å². The minimum Gasteiger partial charge on any atom is -0.303 e. The second-order valence-electron chi connectivity index (χ2n) is 4.51. The van der Waals surface area contributed by atoms with Gasteiger partial charge in [0.2, 0.25) is 4.80 Å². The van der Waals surface area contributed by atoms with E-state index in [-0.39, 0.29) is 15.6 Å². The molecule has 0 bridgehead atoms. The van der Waals surface area contributed by atoms with Crippen molar-refractivity contribution in [2.75, 3.05) is 0 Å². The number of halogens is 3. The Labute approximate surface area is 161 Å². The standard InChI is InChI=1S/C14H7Cl3N2O2S3/c1-2-7-19-12-8(15)3-4-9(16)13(12)23-14(19)18-24(20,21)11-6-5-10(17)22-11/h1,3-6H,7H2/b18-14-. The van der Waals surface area contributed by atoms with Gasteiger partial charge >= 0.3 is 0 Å². The van der Waals surface area contributed by atoms with Gasteiger partial charge in [-0.2, -0.15) is 8.42 Å². The van der Waals surface area contributed by atoms with E-state index in [1.54, 1.807) is 16.7 Å². The van der Waals surface area contributed by atoms with E-state index in [4.69, 9.17) is 41.2 Å². The highest BCUT2D eigenvalue weighted by Crippen LogP contribution is 2.32. The Bertz CT molecular complexity index is 1150. The van der Waals surface area contributed by atoms with E-state index in [0.717, 1.165) is 22.7 Å². The van der Waals surface area contributed by atoms with Gasteiger partial charge in [0.1, 0.15) is 4.21 Å². The number of thiophene rings is 1. The molecule has 3 aromatic rings. The van der Waals surface area contributed by atoms with Gasteiger partial charge in [-0.25, -0.2) is 0 Å². The van der Waals surface area contributed by atoms with Crippen molar-refractivity contribution in [3.63, 3.8) is 0 Å². The number of rotatable bonds is 3. The summed E-state index contributed by atoms with van der Waals surface area (Å²) in [7, 11) is -3.91. The molecule has 24 heavy (non-hydrogen) atoms. The van der Waals surface area contributed by atoms with Gasteiger partial charge < -0.3 is 4.57 Å². The molecule has 0 saturated heterocycles. The summed E-state index contributed by atoms with van der Waals surface area (Å²) in [6.07, 6.45) is 5.40. The molecule has 0 aliphatic heterocycles. The highest BCUT2D eigenvalue weighted by atomic mass is 35.5. The van der Waals surface area contributed by atoms with E-state index in [2.05, 4.69) is 10.3 Å². The SMILES string of the molecule is C#CCn1/c(=N/S(=O)(=O)c2ccc(Cl)s2)sc2c(Cl)ccc(Cl)c21. The molecule has 4 nitrogen and oxygen atoms in total. The van der Waals surface area contributed by atoms with Crippen molar-refractivity contribution in [3.05, 3.63) is 43.4 Å². The third-order valence-electron chi connectivity index (χ3n) is 2.98. The highest BCUT2D eigenvalue weighted by molar-refractivity contribution is 7.92. The van der Waals surface area contributed by atoms with Crippen LogP contribution in [0.25, 0.3) is 10.2 Å². The molecule has 0 atom stereocenters. The van der Waals surface area contributed by atoms with Gasteiger partial charge in [0.05, 0.1) is 31.1 Å². The summed E-state index contributed by atoms with van der Waals surface area (Å²) in [6, 6.07) is 6.18. The number of hydrogen-bond acceptors (Lipinski definition) is 4. The van der Waals surface area contributed by atoms with Crippen LogP contribution in [0.2, 0.25) is 14.4 Å². The summed E-state index contributed by atoms with van der Waals surface area (Å²) >= 11 is 20.3. The molecule has 2 aromatic heterocycles. The summed E-state index contributed by atoms with van der Waals surface area (Å²) in [5.41, 5.74) is 0.560. The van der Waals surface area contributed by atoms with E-state index in [9.17, 15) is 8.42 Å². The average Bonchev–Trinajstić information content (AvgIpc) is 3.09. The van der Waals surface area contributed by atoms with Gasteiger partial charge in [-0.3, -0.25) is 0 Å². The molecule has 0 radical (unpaired) electrons. The summed E-state index contributed by atoms with van der Waals surface area (Å²) < 4.78 is 31.5. The second kappa shape index (κ2) is 6.71. The normalized spacial score (nSPS) is 12.7. The van der Waals surface area contributed by atoms with Crippen molar-refractivity contribution in [2.24, 2.45) is 4.40 Å². The highest BCUT2D eigenvalue weighted by Gasteiger charge is 2.18. The summed E-state index contributed by atoms with van der Waals surface area (Å²) in [4.78, 5) is 0.197. The van der Waals surface area contributed by atoms with Crippen LogP contribution in [0.3, 0.4) is 0 Å². The van der Waals surface area contributed by atoms with Gasteiger partial charge in [0.25, 0.3) is 10.0 Å². The number of fused-ring (bicyclic) bond motifs is 1. The van der Waals surface area contributed by atoms with Gasteiger partial charge in [-0.05, 0) is 24.3 Å². The monoisotopic (exact) mass is 436 g/mol. The van der Waals surface area contributed by atoms with Crippen molar-refractivity contribution in [3.8, 4) is 12.3 Å². The lowest BCUT2D eigenvalue weighted by Gasteiger charge is -2.02. The summed E-state index contributed by atoms with van der Waals surface area (Å²) in [6.45, 7) is 0.111. The smallest absolute Gasteiger partial charge is 0.294 e. The first kappa shape index (κ1) is 17.8. The fourth-order valence-electron chi connectivity index (χ4n) is 2.00. The first-order valence-electron chi connectivity index (χ1n) is 6.30. The van der Waals surface area contributed by atoms with Crippen LogP contribution in [0, 0.1) is 12.3 Å². The largest absolute Gasteiger partial charge is 0.303 e. The number of thiazole rings is 1. The molecule has 3 rings (SSSR count). The van der Waals surface area contributed by atoms with Crippen molar-refractivity contribution in [1.29, 1.82) is 0 Å². The number of benzene rings is 1. The molecule has 0 amide bonds. The van der Waals surface area contributed by atoms with Crippen LogP contribution in [-0.2, 0) is 16.6 Å². The van der Waals surface area contributed by atoms with E-state index in [1.165, 1.54) is 12.1 Å². The maximum Gasteiger partial charge on any atom is 0.294 e. The predicted octanol–water partition coefficient (Wildman–Crippen LogP) is 4.65. The number of nitrogens with zero attached hydrogens (tertiary/aromatic N) is 2. The number of sulfonamides is 1. The lowest BCUT2D eigenvalue weighted by Crippen LogP contribution is -2.16. The molecular formula is C14H7Cl3N2O2S3. The predicted molar refractivity (Wildman–Crippen MR) is 101 cm³/mol. The van der Waals surface area contributed by atoms with Crippen LogP contribution < -0.4 is 4.80 Å². The first-order chi connectivity index (χ1) is 11.3. The van der Waals surface area contributed by atoms with Crippen LogP contribution in [0.15, 0.2) is 32.9 Å². The topological polar surface area (TPSA) is 51.4 Å². The van der Waals surface area contributed by atoms with E-state index in [1.807, 2.05) is 0 Å². The minimum atomic E-state index is -3.91. The van der Waals surface area contributed by atoms with Crippen LogP contribution in [0.4, 0.5) is 0 Å². The Hall–Kier alpha value is -1.01. The Balaban J connectivity index is 2.34. The Morgan fingerprint density at radius 3 is 2.46 bits per heavy atom. The lowest BCUT2D eigenvalue weighted by atomic mass is 10.3. The van der Waals surface area contributed by atoms with E-state index < -0.39 is 10.0 Å². The molecule has 10 heteroatoms. The van der Waals surface area contributed by atoms with Gasteiger partial charge in [-0.1, -0.05) is 52.1 Å². The quantitative estimate of drug-likeness (QED) is 0.560. The number of aromatic nitrogens is 1. The molecule has 0 fully saturated rings. The fraction of sp³-hybridized carbons (Fsp3) is 0.0714. The third-order valence-corrected chi connectivity index (χ3v) is 7.90. The Morgan fingerprint density at radius 2 is 1.83 bits per heavy atom. The van der Waals surface area contributed by atoms with Crippen molar-refractivity contribution < 1.29 is 8.42 Å². The third kappa shape index (κ3) is 3.23. The average molecular weight is 438 g/mol. The molecule has 2 heterocycles. The van der Waals surface area contributed by atoms with Crippen LogP contribution >= 0.6 is 57.5 Å². The zero-order valence-electron chi connectivity index (χ0n) is 11.7. The number of hydrogen-bond donors (Lipinski definition) is 0. The van der Waals surface area contributed by atoms with E-state index >= 15 is 0 Å². The van der Waals surface area contributed by atoms with Gasteiger partial charge in [0, 0.05) is 0 Å². The summed E-state index contributed by atoms with van der Waals surface area (Å²) in [5.74, 6) is 2.47. The number of terminal acetylenes is 1. The van der Waals surface area contributed by atoms with Crippen molar-refractivity contribution >= 4 is 77.7 Å². The first-order valence-corrected chi connectivity index (χ1v) is 10.5. The molecule has 124 valence electrons. The summed E-state index contributed by atoms with van der Waals surface area (Å²) in [5, 5.41) is 0.863. The van der Waals surface area contributed by atoms with Crippen molar-refractivity contribution in [2.45, 2.75) is 10.8 Å². The lowest BCUT2D eigenvalue weighted by molar-refractivity contribution is 0.598.